The normalized spacial score (nSPS) is 12.5. The van der Waals surface area contributed by atoms with E-state index in [9.17, 15) is 9.59 Å². The molecule has 0 fully saturated rings. The van der Waals surface area contributed by atoms with Crippen molar-refractivity contribution in [2.75, 3.05) is 7.11 Å². The fourth-order valence-corrected chi connectivity index (χ4v) is 2.74. The molecular formula is C23H24N2O5. The first-order chi connectivity index (χ1) is 14.5. The second-order valence-electron chi connectivity index (χ2n) is 6.68. The lowest BCUT2D eigenvalue weighted by Gasteiger charge is -2.18. The van der Waals surface area contributed by atoms with Crippen molar-refractivity contribution in [1.82, 2.24) is 10.9 Å². The van der Waals surface area contributed by atoms with Gasteiger partial charge in [0.15, 0.2) is 12.2 Å². The standard InChI is InChI=1S/C23H24N2O5/c1-15(29-20-12-10-19(28-3)11-13-20)22(26)24-25-23(27)16(2)30-21-9-8-17-6-4-5-7-18(17)14-21/h4-16H,1-3H3,(H,24,26)(H,25,27). The molecule has 2 amide bonds. The molecular weight excluding hydrogens is 384 g/mol. The number of hydrazine groups is 1. The molecule has 2 atom stereocenters. The van der Waals surface area contributed by atoms with Gasteiger partial charge in [-0.15, -0.1) is 0 Å². The lowest BCUT2D eigenvalue weighted by Crippen LogP contribution is -2.50. The number of fused-ring (bicyclic) bond motifs is 1. The number of ether oxygens (including phenoxy) is 3. The van der Waals surface area contributed by atoms with Crippen molar-refractivity contribution >= 4 is 22.6 Å². The van der Waals surface area contributed by atoms with Gasteiger partial charge in [0.05, 0.1) is 7.11 Å². The van der Waals surface area contributed by atoms with E-state index in [2.05, 4.69) is 10.9 Å². The van der Waals surface area contributed by atoms with Gasteiger partial charge in [-0.2, -0.15) is 0 Å². The van der Waals surface area contributed by atoms with Crippen molar-refractivity contribution in [2.24, 2.45) is 0 Å². The Hall–Kier alpha value is -3.74. The minimum atomic E-state index is -0.810. The molecule has 30 heavy (non-hydrogen) atoms. The van der Waals surface area contributed by atoms with Crippen LogP contribution in [-0.2, 0) is 9.59 Å². The van der Waals surface area contributed by atoms with E-state index in [1.54, 1.807) is 51.3 Å². The molecule has 3 aromatic rings. The Bertz CT molecular complexity index is 1020. The molecule has 0 aromatic heterocycles. The summed E-state index contributed by atoms with van der Waals surface area (Å²) in [5.41, 5.74) is 4.71. The van der Waals surface area contributed by atoms with E-state index in [1.165, 1.54) is 0 Å². The second-order valence-corrected chi connectivity index (χ2v) is 6.68. The number of amides is 2. The Morgan fingerprint density at radius 3 is 1.80 bits per heavy atom. The lowest BCUT2D eigenvalue weighted by atomic mass is 10.1. The molecule has 0 aliphatic carbocycles. The topological polar surface area (TPSA) is 85.9 Å². The largest absolute Gasteiger partial charge is 0.497 e. The fraction of sp³-hybridized carbons (Fsp3) is 0.217. The van der Waals surface area contributed by atoms with Crippen LogP contribution in [0.1, 0.15) is 13.8 Å². The van der Waals surface area contributed by atoms with Crippen LogP contribution in [0.25, 0.3) is 10.8 Å². The molecule has 2 N–H and O–H groups in total. The summed E-state index contributed by atoms with van der Waals surface area (Å²) in [7, 11) is 1.57. The third-order valence-corrected chi connectivity index (χ3v) is 4.45. The van der Waals surface area contributed by atoms with Gasteiger partial charge in [0.2, 0.25) is 0 Å². The van der Waals surface area contributed by atoms with Crippen LogP contribution in [0.4, 0.5) is 0 Å². The summed E-state index contributed by atoms with van der Waals surface area (Å²) < 4.78 is 16.3. The average molecular weight is 408 g/mol. The van der Waals surface area contributed by atoms with Crippen molar-refractivity contribution in [3.05, 3.63) is 66.7 Å². The highest BCUT2D eigenvalue weighted by atomic mass is 16.5. The third-order valence-electron chi connectivity index (χ3n) is 4.45. The highest BCUT2D eigenvalue weighted by Crippen LogP contribution is 2.21. The molecule has 0 spiro atoms. The van der Waals surface area contributed by atoms with Gasteiger partial charge in [-0.3, -0.25) is 20.4 Å². The van der Waals surface area contributed by atoms with Crippen LogP contribution in [0.5, 0.6) is 17.2 Å². The number of rotatable bonds is 7. The summed E-state index contributed by atoms with van der Waals surface area (Å²) >= 11 is 0. The highest BCUT2D eigenvalue weighted by molar-refractivity contribution is 5.87. The summed E-state index contributed by atoms with van der Waals surface area (Å²) in [5.74, 6) is 0.800. The van der Waals surface area contributed by atoms with Crippen molar-refractivity contribution < 1.29 is 23.8 Å². The molecule has 0 saturated heterocycles. The smallest absolute Gasteiger partial charge is 0.279 e. The monoisotopic (exact) mass is 408 g/mol. The van der Waals surface area contributed by atoms with Gasteiger partial charge in [-0.05, 0) is 61.0 Å². The van der Waals surface area contributed by atoms with Crippen LogP contribution in [0, 0.1) is 0 Å². The van der Waals surface area contributed by atoms with E-state index >= 15 is 0 Å². The molecule has 0 aliphatic rings. The molecule has 2 unspecified atom stereocenters. The van der Waals surface area contributed by atoms with Crippen LogP contribution < -0.4 is 25.1 Å². The van der Waals surface area contributed by atoms with Crippen molar-refractivity contribution in [2.45, 2.75) is 26.1 Å². The van der Waals surface area contributed by atoms with E-state index in [1.807, 2.05) is 36.4 Å². The number of benzene rings is 3. The second kappa shape index (κ2) is 9.65. The van der Waals surface area contributed by atoms with E-state index in [-0.39, 0.29) is 0 Å². The number of methoxy groups -OCH3 is 1. The van der Waals surface area contributed by atoms with Gasteiger partial charge < -0.3 is 14.2 Å². The molecule has 0 aliphatic heterocycles. The van der Waals surface area contributed by atoms with E-state index in [0.717, 1.165) is 10.8 Å². The average Bonchev–Trinajstić information content (AvgIpc) is 2.77. The maximum atomic E-state index is 12.3. The van der Waals surface area contributed by atoms with E-state index < -0.39 is 24.0 Å². The van der Waals surface area contributed by atoms with Gasteiger partial charge in [0.25, 0.3) is 11.8 Å². The SMILES string of the molecule is COc1ccc(OC(C)C(=O)NNC(=O)C(C)Oc2ccc3ccccc3c2)cc1. The van der Waals surface area contributed by atoms with Crippen LogP contribution >= 0.6 is 0 Å². The zero-order valence-electron chi connectivity index (χ0n) is 17.0. The molecule has 0 heterocycles. The Morgan fingerprint density at radius 2 is 1.20 bits per heavy atom. The van der Waals surface area contributed by atoms with Crippen molar-refractivity contribution in [1.29, 1.82) is 0 Å². The number of carbonyl (C=O) groups is 2. The molecule has 3 aromatic carbocycles. The summed E-state index contributed by atoms with van der Waals surface area (Å²) in [4.78, 5) is 24.4. The Kier molecular flexibility index (Phi) is 6.75. The highest BCUT2D eigenvalue weighted by Gasteiger charge is 2.19. The molecule has 7 heteroatoms. The number of carbonyl (C=O) groups excluding carboxylic acids is 2. The van der Waals surface area contributed by atoms with Crippen LogP contribution in [0.2, 0.25) is 0 Å². The quantitative estimate of drug-likeness (QED) is 0.586. The lowest BCUT2D eigenvalue weighted by molar-refractivity contribution is -0.135. The summed E-state index contributed by atoms with van der Waals surface area (Å²) in [6.07, 6.45) is -1.61. The van der Waals surface area contributed by atoms with Gasteiger partial charge in [-0.1, -0.05) is 30.3 Å². The molecule has 0 saturated carbocycles. The predicted octanol–water partition coefficient (Wildman–Crippen LogP) is 3.23. The van der Waals surface area contributed by atoms with Gasteiger partial charge in [-0.25, -0.2) is 0 Å². The van der Waals surface area contributed by atoms with Gasteiger partial charge in [0, 0.05) is 0 Å². The number of hydrogen-bond acceptors (Lipinski definition) is 5. The van der Waals surface area contributed by atoms with Crippen LogP contribution in [0.3, 0.4) is 0 Å². The van der Waals surface area contributed by atoms with Gasteiger partial charge in [0.1, 0.15) is 17.2 Å². The minimum absolute atomic E-state index is 0.479. The maximum absolute atomic E-state index is 12.3. The zero-order chi connectivity index (χ0) is 21.5. The molecule has 3 rings (SSSR count). The van der Waals surface area contributed by atoms with E-state index in [0.29, 0.717) is 17.2 Å². The Labute approximate surface area is 174 Å². The number of hydrogen-bond donors (Lipinski definition) is 2. The number of nitrogens with one attached hydrogen (secondary N) is 2. The fourth-order valence-electron chi connectivity index (χ4n) is 2.74. The van der Waals surface area contributed by atoms with E-state index in [4.69, 9.17) is 14.2 Å². The van der Waals surface area contributed by atoms with Gasteiger partial charge >= 0.3 is 0 Å². The zero-order valence-corrected chi connectivity index (χ0v) is 17.0. The Balaban J connectivity index is 1.48. The first-order valence-electron chi connectivity index (χ1n) is 9.52. The molecule has 0 radical (unpaired) electrons. The summed E-state index contributed by atoms with van der Waals surface area (Å²) in [6, 6.07) is 20.3. The molecule has 7 nitrogen and oxygen atoms in total. The molecule has 0 bridgehead atoms. The third kappa shape index (κ3) is 5.41. The van der Waals surface area contributed by atoms with Crippen LogP contribution in [-0.4, -0.2) is 31.1 Å². The minimum Gasteiger partial charge on any atom is -0.497 e. The first-order valence-corrected chi connectivity index (χ1v) is 9.52. The maximum Gasteiger partial charge on any atom is 0.279 e. The van der Waals surface area contributed by atoms with Crippen molar-refractivity contribution in [3.63, 3.8) is 0 Å². The predicted molar refractivity (Wildman–Crippen MR) is 113 cm³/mol. The Morgan fingerprint density at radius 1 is 0.700 bits per heavy atom. The van der Waals surface area contributed by atoms with Crippen molar-refractivity contribution in [3.8, 4) is 17.2 Å². The first kappa shape index (κ1) is 21.0. The molecule has 156 valence electrons. The summed E-state index contributed by atoms with van der Waals surface area (Å²) in [6.45, 7) is 3.19. The summed E-state index contributed by atoms with van der Waals surface area (Å²) in [5, 5.41) is 2.10. The van der Waals surface area contributed by atoms with Crippen LogP contribution in [0.15, 0.2) is 66.7 Å².